The van der Waals surface area contributed by atoms with Crippen LogP contribution in [-0.4, -0.2) is 40.3 Å². The number of nitrogens with one attached hydrogen (secondary N) is 1. The van der Waals surface area contributed by atoms with Gasteiger partial charge in [-0.15, -0.1) is 0 Å². The van der Waals surface area contributed by atoms with Crippen molar-refractivity contribution in [2.45, 2.75) is 32.7 Å². The van der Waals surface area contributed by atoms with E-state index in [1.807, 2.05) is 0 Å². The van der Waals surface area contributed by atoms with Crippen LogP contribution in [0, 0.1) is 5.92 Å². The van der Waals surface area contributed by atoms with Crippen LogP contribution in [0.25, 0.3) is 11.4 Å². The van der Waals surface area contributed by atoms with Gasteiger partial charge in [-0.25, -0.2) is 4.79 Å². The molecule has 1 heterocycles. The Balaban J connectivity index is 1.92. The monoisotopic (exact) mass is 347 g/mol. The molecule has 0 radical (unpaired) electrons. The molecule has 1 aromatic heterocycles. The zero-order valence-corrected chi connectivity index (χ0v) is 14.4. The van der Waals surface area contributed by atoms with E-state index in [-0.39, 0.29) is 24.7 Å². The lowest BCUT2D eigenvalue weighted by atomic mass is 10.0. The second-order valence-electron chi connectivity index (χ2n) is 5.87. The first-order valence-corrected chi connectivity index (χ1v) is 7.90. The van der Waals surface area contributed by atoms with E-state index >= 15 is 0 Å². The molecule has 0 saturated heterocycles. The fourth-order valence-corrected chi connectivity index (χ4v) is 2.19. The highest BCUT2D eigenvalue weighted by Crippen LogP contribution is 2.20. The molecule has 0 saturated carbocycles. The van der Waals surface area contributed by atoms with E-state index in [1.54, 1.807) is 45.2 Å². The zero-order valence-electron chi connectivity index (χ0n) is 14.4. The third-order valence-electron chi connectivity index (χ3n) is 3.63. The Bertz CT molecular complexity index is 724. The van der Waals surface area contributed by atoms with Gasteiger partial charge < -0.3 is 19.7 Å². The summed E-state index contributed by atoms with van der Waals surface area (Å²) in [6, 6.07) is 6.28. The van der Waals surface area contributed by atoms with Crippen LogP contribution in [-0.2, 0) is 16.0 Å². The van der Waals surface area contributed by atoms with E-state index < -0.39 is 12.0 Å². The van der Waals surface area contributed by atoms with Crippen LogP contribution >= 0.6 is 0 Å². The number of carboxylic acid groups (broad SMARTS) is 1. The molecule has 0 spiro atoms. The van der Waals surface area contributed by atoms with Crippen LogP contribution in [0.1, 0.15) is 26.2 Å². The molecule has 0 aliphatic rings. The molecule has 2 rings (SSSR count). The highest BCUT2D eigenvalue weighted by Gasteiger charge is 2.23. The van der Waals surface area contributed by atoms with Crippen molar-refractivity contribution in [3.05, 3.63) is 30.2 Å². The van der Waals surface area contributed by atoms with Crippen molar-refractivity contribution in [1.82, 2.24) is 15.5 Å². The summed E-state index contributed by atoms with van der Waals surface area (Å²) >= 11 is 0. The maximum absolute atomic E-state index is 11.9. The molecule has 2 aromatic rings. The van der Waals surface area contributed by atoms with E-state index in [0.29, 0.717) is 11.7 Å². The summed E-state index contributed by atoms with van der Waals surface area (Å²) in [6.45, 7) is 3.47. The van der Waals surface area contributed by atoms with Crippen molar-refractivity contribution in [2.75, 3.05) is 7.11 Å². The Morgan fingerprint density at radius 1 is 1.28 bits per heavy atom. The van der Waals surface area contributed by atoms with Gasteiger partial charge in [0, 0.05) is 18.4 Å². The minimum absolute atomic E-state index is 0.0702. The fourth-order valence-electron chi connectivity index (χ4n) is 2.19. The summed E-state index contributed by atoms with van der Waals surface area (Å²) in [4.78, 5) is 27.2. The number of carboxylic acids is 1. The third-order valence-corrected chi connectivity index (χ3v) is 3.63. The number of aliphatic carboxylic acids is 1. The average Bonchev–Trinajstić information content (AvgIpc) is 3.06. The van der Waals surface area contributed by atoms with Crippen LogP contribution in [0.3, 0.4) is 0 Å². The number of methoxy groups -OCH3 is 1. The molecule has 25 heavy (non-hydrogen) atoms. The predicted molar refractivity (Wildman–Crippen MR) is 89.0 cm³/mol. The van der Waals surface area contributed by atoms with E-state index in [2.05, 4.69) is 15.5 Å². The topological polar surface area (TPSA) is 115 Å². The highest BCUT2D eigenvalue weighted by molar-refractivity contribution is 5.83. The first-order chi connectivity index (χ1) is 11.9. The minimum Gasteiger partial charge on any atom is -0.497 e. The number of carbonyl (C=O) groups is 2. The van der Waals surface area contributed by atoms with Crippen LogP contribution in [0.5, 0.6) is 5.75 Å². The summed E-state index contributed by atoms with van der Waals surface area (Å²) in [6.07, 6.45) is 0.306. The molecule has 2 N–H and O–H groups in total. The zero-order chi connectivity index (χ0) is 18.4. The number of aromatic nitrogens is 2. The van der Waals surface area contributed by atoms with Gasteiger partial charge in [-0.1, -0.05) is 19.0 Å². The van der Waals surface area contributed by atoms with Gasteiger partial charge in [0.05, 0.1) is 7.11 Å². The van der Waals surface area contributed by atoms with Crippen molar-refractivity contribution < 1.29 is 24.0 Å². The number of benzene rings is 1. The number of nitrogens with zero attached hydrogens (tertiary/aromatic N) is 2. The maximum Gasteiger partial charge on any atom is 0.326 e. The Kier molecular flexibility index (Phi) is 6.10. The van der Waals surface area contributed by atoms with Crippen molar-refractivity contribution in [2.24, 2.45) is 5.92 Å². The molecule has 0 aliphatic heterocycles. The molecule has 1 atom stereocenters. The smallest absolute Gasteiger partial charge is 0.326 e. The standard InChI is InChI=1S/C17H21N3O5/c1-10(2)15(17(22)23)18-13(21)8-9-14-19-16(20-25-14)11-4-6-12(24-3)7-5-11/h4-7,10,15H,8-9H2,1-3H3,(H,18,21)(H,22,23)/t15-/m1/s1. The number of hydrogen-bond acceptors (Lipinski definition) is 6. The lowest BCUT2D eigenvalue weighted by Crippen LogP contribution is -2.44. The van der Waals surface area contributed by atoms with Crippen molar-refractivity contribution in [3.63, 3.8) is 0 Å². The molecular weight excluding hydrogens is 326 g/mol. The van der Waals surface area contributed by atoms with Crippen molar-refractivity contribution in [1.29, 1.82) is 0 Å². The highest BCUT2D eigenvalue weighted by atomic mass is 16.5. The summed E-state index contributed by atoms with van der Waals surface area (Å²) < 4.78 is 10.2. The van der Waals surface area contributed by atoms with Gasteiger partial charge in [-0.05, 0) is 30.2 Å². The third kappa shape index (κ3) is 5.03. The van der Waals surface area contributed by atoms with E-state index in [1.165, 1.54) is 0 Å². The summed E-state index contributed by atoms with van der Waals surface area (Å²) in [5, 5.41) is 15.5. The molecule has 8 nitrogen and oxygen atoms in total. The normalized spacial score (nSPS) is 12.0. The number of amides is 1. The first-order valence-electron chi connectivity index (χ1n) is 7.90. The molecule has 1 amide bonds. The number of rotatable bonds is 8. The Morgan fingerprint density at radius 3 is 2.52 bits per heavy atom. The van der Waals surface area contributed by atoms with E-state index in [4.69, 9.17) is 14.4 Å². The number of carbonyl (C=O) groups excluding carboxylic acids is 1. The van der Waals surface area contributed by atoms with Gasteiger partial charge in [0.2, 0.25) is 17.6 Å². The second-order valence-corrected chi connectivity index (χ2v) is 5.87. The van der Waals surface area contributed by atoms with Gasteiger partial charge in [0.1, 0.15) is 11.8 Å². The Morgan fingerprint density at radius 2 is 1.96 bits per heavy atom. The number of aryl methyl sites for hydroxylation is 1. The van der Waals surface area contributed by atoms with Crippen LogP contribution in [0.4, 0.5) is 0 Å². The van der Waals surface area contributed by atoms with Gasteiger partial charge in [0.15, 0.2) is 0 Å². The van der Waals surface area contributed by atoms with Gasteiger partial charge in [-0.2, -0.15) is 4.98 Å². The average molecular weight is 347 g/mol. The lowest BCUT2D eigenvalue weighted by Gasteiger charge is -2.17. The molecule has 134 valence electrons. The largest absolute Gasteiger partial charge is 0.497 e. The number of hydrogen-bond donors (Lipinski definition) is 2. The summed E-state index contributed by atoms with van der Waals surface area (Å²) in [5.74, 6) is -0.164. The molecule has 8 heteroatoms. The molecule has 0 unspecified atom stereocenters. The van der Waals surface area contributed by atoms with Gasteiger partial charge in [0.25, 0.3) is 0 Å². The SMILES string of the molecule is COc1ccc(-c2noc(CCC(=O)N[C@@H](C(=O)O)C(C)C)n2)cc1. The molecule has 0 bridgehead atoms. The molecule has 0 fully saturated rings. The summed E-state index contributed by atoms with van der Waals surface area (Å²) in [7, 11) is 1.58. The molecular formula is C17H21N3O5. The maximum atomic E-state index is 11.9. The first kappa shape index (κ1) is 18.4. The quantitative estimate of drug-likeness (QED) is 0.749. The second kappa shape index (κ2) is 8.27. The number of ether oxygens (including phenoxy) is 1. The lowest BCUT2D eigenvalue weighted by molar-refractivity contribution is -0.143. The fraction of sp³-hybridized carbons (Fsp3) is 0.412. The van der Waals surface area contributed by atoms with E-state index in [0.717, 1.165) is 11.3 Å². The van der Waals surface area contributed by atoms with Gasteiger partial charge in [-0.3, -0.25) is 4.79 Å². The van der Waals surface area contributed by atoms with Crippen LogP contribution in [0.2, 0.25) is 0 Å². The summed E-state index contributed by atoms with van der Waals surface area (Å²) in [5.41, 5.74) is 0.769. The van der Waals surface area contributed by atoms with Crippen molar-refractivity contribution >= 4 is 11.9 Å². The van der Waals surface area contributed by atoms with Crippen molar-refractivity contribution in [3.8, 4) is 17.1 Å². The minimum atomic E-state index is -1.05. The molecule has 1 aromatic carbocycles. The van der Waals surface area contributed by atoms with Gasteiger partial charge >= 0.3 is 5.97 Å². The van der Waals surface area contributed by atoms with E-state index in [9.17, 15) is 9.59 Å². The Labute approximate surface area is 145 Å². The molecule has 0 aliphatic carbocycles. The Hall–Kier alpha value is -2.90. The van der Waals surface area contributed by atoms with Crippen LogP contribution < -0.4 is 10.1 Å². The predicted octanol–water partition coefficient (Wildman–Crippen LogP) is 1.90. The van der Waals surface area contributed by atoms with Crippen LogP contribution in [0.15, 0.2) is 28.8 Å².